The first-order chi connectivity index (χ1) is 9.72. The molecule has 0 spiro atoms. The van der Waals surface area contributed by atoms with Gasteiger partial charge in [-0.1, -0.05) is 29.8 Å². The zero-order valence-electron chi connectivity index (χ0n) is 11.3. The number of aromatic nitrogens is 1. The van der Waals surface area contributed by atoms with Crippen molar-refractivity contribution in [1.29, 1.82) is 0 Å². The van der Waals surface area contributed by atoms with E-state index in [1.807, 2.05) is 18.3 Å². The predicted octanol–water partition coefficient (Wildman–Crippen LogP) is 3.59. The summed E-state index contributed by atoms with van der Waals surface area (Å²) >= 11 is 7.86. The minimum absolute atomic E-state index is 0.568. The molecule has 1 unspecified atom stereocenters. The summed E-state index contributed by atoms with van der Waals surface area (Å²) in [5.74, 6) is 0. The van der Waals surface area contributed by atoms with Crippen molar-refractivity contribution in [3.63, 3.8) is 0 Å². The van der Waals surface area contributed by atoms with Crippen LogP contribution < -0.4 is 5.73 Å². The van der Waals surface area contributed by atoms with Gasteiger partial charge < -0.3 is 5.73 Å². The Morgan fingerprint density at radius 1 is 1.40 bits per heavy atom. The summed E-state index contributed by atoms with van der Waals surface area (Å²) in [6.07, 6.45) is 5.40. The zero-order valence-corrected chi connectivity index (χ0v) is 12.8. The molecule has 1 atom stereocenters. The molecule has 20 heavy (non-hydrogen) atoms. The van der Waals surface area contributed by atoms with Crippen LogP contribution in [-0.2, 0) is 13.0 Å². The molecule has 0 amide bonds. The molecule has 1 aliphatic rings. The second kappa shape index (κ2) is 6.12. The van der Waals surface area contributed by atoms with Crippen molar-refractivity contribution in [3.8, 4) is 0 Å². The van der Waals surface area contributed by atoms with E-state index in [1.165, 1.54) is 23.3 Å². The van der Waals surface area contributed by atoms with Crippen LogP contribution >= 0.6 is 22.9 Å². The topological polar surface area (TPSA) is 42.1 Å². The average Bonchev–Trinajstić information content (AvgIpc) is 3.03. The number of hydrogen-bond donors (Lipinski definition) is 1. The van der Waals surface area contributed by atoms with E-state index in [-0.39, 0.29) is 0 Å². The third kappa shape index (κ3) is 3.14. The molecule has 0 radical (unpaired) electrons. The highest BCUT2D eigenvalue weighted by atomic mass is 35.5. The molecule has 0 aliphatic carbocycles. The van der Waals surface area contributed by atoms with Crippen molar-refractivity contribution in [2.24, 2.45) is 0 Å². The van der Waals surface area contributed by atoms with Crippen molar-refractivity contribution in [2.75, 3.05) is 12.3 Å². The first-order valence-electron chi connectivity index (χ1n) is 6.90. The molecule has 2 heterocycles. The number of nitrogen functional groups attached to an aromatic ring is 1. The van der Waals surface area contributed by atoms with Crippen LogP contribution in [0.3, 0.4) is 0 Å². The van der Waals surface area contributed by atoms with E-state index in [1.54, 1.807) is 11.3 Å². The highest BCUT2D eigenvalue weighted by Gasteiger charge is 2.25. The number of anilines is 1. The lowest BCUT2D eigenvalue weighted by Gasteiger charge is -2.24. The van der Waals surface area contributed by atoms with Crippen LogP contribution in [0, 0.1) is 0 Å². The normalized spacial score (nSPS) is 19.6. The van der Waals surface area contributed by atoms with Gasteiger partial charge in [-0.15, -0.1) is 11.3 Å². The van der Waals surface area contributed by atoms with Crippen LogP contribution in [-0.4, -0.2) is 22.5 Å². The summed E-state index contributed by atoms with van der Waals surface area (Å²) < 4.78 is 0. The second-order valence-corrected chi connectivity index (χ2v) is 6.78. The van der Waals surface area contributed by atoms with Crippen molar-refractivity contribution < 1.29 is 0 Å². The molecule has 1 fully saturated rings. The third-order valence-electron chi connectivity index (χ3n) is 3.84. The summed E-state index contributed by atoms with van der Waals surface area (Å²) in [5, 5.41) is 1.53. The maximum Gasteiger partial charge on any atom is 0.180 e. The molecular formula is C15H18ClN3S. The van der Waals surface area contributed by atoms with Crippen LogP contribution in [0.4, 0.5) is 5.13 Å². The number of likely N-dealkylation sites (tertiary alicyclic amines) is 1. The Bertz CT molecular complexity index is 584. The maximum absolute atomic E-state index is 6.27. The van der Waals surface area contributed by atoms with E-state index in [0.29, 0.717) is 11.2 Å². The molecule has 1 aromatic heterocycles. The number of thiazole rings is 1. The van der Waals surface area contributed by atoms with Crippen LogP contribution in [0.1, 0.15) is 23.3 Å². The first kappa shape index (κ1) is 13.9. The molecule has 1 saturated heterocycles. The fourth-order valence-corrected chi connectivity index (χ4v) is 3.77. The Labute approximate surface area is 128 Å². The van der Waals surface area contributed by atoms with Crippen molar-refractivity contribution in [3.05, 3.63) is 45.9 Å². The van der Waals surface area contributed by atoms with Gasteiger partial charge in [0.1, 0.15) is 0 Å². The summed E-state index contributed by atoms with van der Waals surface area (Å²) in [7, 11) is 0. The molecule has 1 aliphatic heterocycles. The highest BCUT2D eigenvalue weighted by molar-refractivity contribution is 7.15. The van der Waals surface area contributed by atoms with E-state index < -0.39 is 0 Å². The highest BCUT2D eigenvalue weighted by Crippen LogP contribution is 2.27. The molecule has 0 saturated carbocycles. The van der Waals surface area contributed by atoms with Gasteiger partial charge in [0.25, 0.3) is 0 Å². The van der Waals surface area contributed by atoms with Gasteiger partial charge in [0.05, 0.1) is 0 Å². The lowest BCUT2D eigenvalue weighted by Crippen LogP contribution is -2.30. The van der Waals surface area contributed by atoms with Gasteiger partial charge in [0, 0.05) is 28.7 Å². The van der Waals surface area contributed by atoms with Gasteiger partial charge in [-0.3, -0.25) is 4.90 Å². The summed E-state index contributed by atoms with van der Waals surface area (Å²) in [4.78, 5) is 7.90. The fraction of sp³-hybridized carbons (Fsp3) is 0.400. The summed E-state index contributed by atoms with van der Waals surface area (Å²) in [6, 6.07) is 8.71. The fourth-order valence-electron chi connectivity index (χ4n) is 2.85. The number of nitrogens with zero attached hydrogens (tertiary/aromatic N) is 2. The number of rotatable bonds is 4. The molecule has 1 aromatic carbocycles. The van der Waals surface area contributed by atoms with Crippen LogP contribution in [0.15, 0.2) is 30.5 Å². The maximum atomic E-state index is 6.27. The Morgan fingerprint density at radius 2 is 2.25 bits per heavy atom. The van der Waals surface area contributed by atoms with Gasteiger partial charge in [-0.2, -0.15) is 0 Å². The van der Waals surface area contributed by atoms with E-state index in [2.05, 4.69) is 22.0 Å². The van der Waals surface area contributed by atoms with Gasteiger partial charge in [-0.05, 0) is 37.4 Å². The van der Waals surface area contributed by atoms with Crippen molar-refractivity contribution in [2.45, 2.75) is 31.8 Å². The number of halogens is 1. The molecule has 5 heteroatoms. The van der Waals surface area contributed by atoms with Crippen molar-refractivity contribution >= 4 is 28.1 Å². The van der Waals surface area contributed by atoms with E-state index in [0.717, 1.165) is 24.5 Å². The monoisotopic (exact) mass is 307 g/mol. The summed E-state index contributed by atoms with van der Waals surface area (Å²) in [6.45, 7) is 2.09. The number of benzene rings is 1. The van der Waals surface area contributed by atoms with E-state index in [9.17, 15) is 0 Å². The number of hydrogen-bond acceptors (Lipinski definition) is 4. The largest absolute Gasteiger partial charge is 0.375 e. The molecular weight excluding hydrogens is 290 g/mol. The molecule has 2 aromatic rings. The predicted molar refractivity (Wildman–Crippen MR) is 85.1 cm³/mol. The first-order valence-corrected chi connectivity index (χ1v) is 8.09. The van der Waals surface area contributed by atoms with Crippen LogP contribution in [0.2, 0.25) is 5.02 Å². The van der Waals surface area contributed by atoms with Gasteiger partial charge >= 0.3 is 0 Å². The van der Waals surface area contributed by atoms with Crippen molar-refractivity contribution in [1.82, 2.24) is 9.88 Å². The van der Waals surface area contributed by atoms with E-state index in [4.69, 9.17) is 17.3 Å². The summed E-state index contributed by atoms with van der Waals surface area (Å²) in [5.41, 5.74) is 6.95. The zero-order chi connectivity index (χ0) is 13.9. The molecule has 2 N–H and O–H groups in total. The standard InChI is InChI=1S/C15H18ClN3S/c16-14-6-2-1-4-11(14)8-12-5-3-7-19(12)10-13-9-18-15(17)20-13/h1-2,4,6,9,12H,3,5,7-8,10H2,(H2,17,18). The van der Waals surface area contributed by atoms with E-state index >= 15 is 0 Å². The molecule has 106 valence electrons. The Balaban J connectivity index is 1.68. The van der Waals surface area contributed by atoms with Gasteiger partial charge in [0.2, 0.25) is 0 Å². The Hall–Kier alpha value is -1.10. The average molecular weight is 308 g/mol. The quantitative estimate of drug-likeness (QED) is 0.938. The molecule has 3 rings (SSSR count). The minimum atomic E-state index is 0.568. The second-order valence-electron chi connectivity index (χ2n) is 5.23. The van der Waals surface area contributed by atoms with Gasteiger partial charge in [-0.25, -0.2) is 4.98 Å². The minimum Gasteiger partial charge on any atom is -0.375 e. The molecule has 3 nitrogen and oxygen atoms in total. The SMILES string of the molecule is Nc1ncc(CN2CCCC2Cc2ccccc2Cl)s1. The Morgan fingerprint density at radius 3 is 3.00 bits per heavy atom. The lowest BCUT2D eigenvalue weighted by molar-refractivity contribution is 0.246. The third-order valence-corrected chi connectivity index (χ3v) is 5.02. The number of nitrogens with two attached hydrogens (primary N) is 1. The van der Waals surface area contributed by atoms with Crippen LogP contribution in [0.5, 0.6) is 0 Å². The smallest absolute Gasteiger partial charge is 0.180 e. The lowest BCUT2D eigenvalue weighted by atomic mass is 10.0. The van der Waals surface area contributed by atoms with Gasteiger partial charge in [0.15, 0.2) is 5.13 Å². The Kier molecular flexibility index (Phi) is 4.24. The van der Waals surface area contributed by atoms with Crippen LogP contribution in [0.25, 0.3) is 0 Å². The molecule has 0 bridgehead atoms.